The van der Waals surface area contributed by atoms with E-state index in [0.29, 0.717) is 29.1 Å². The van der Waals surface area contributed by atoms with E-state index in [4.69, 9.17) is 16.3 Å². The van der Waals surface area contributed by atoms with E-state index in [2.05, 4.69) is 31.8 Å². The van der Waals surface area contributed by atoms with E-state index < -0.39 is 0 Å². The number of carbonyl (C=O) groups excluding carboxylic acids is 1. The molecule has 0 unspecified atom stereocenters. The van der Waals surface area contributed by atoms with Crippen molar-refractivity contribution in [2.75, 3.05) is 18.4 Å². The number of benzene rings is 1. The van der Waals surface area contributed by atoms with Crippen LogP contribution in [0.5, 0.6) is 5.75 Å². The van der Waals surface area contributed by atoms with E-state index in [1.165, 1.54) is 12.4 Å². The fraction of sp³-hybridized carbons (Fsp3) is 0.200. The molecule has 0 saturated carbocycles. The van der Waals surface area contributed by atoms with E-state index in [1.807, 2.05) is 36.5 Å². The maximum absolute atomic E-state index is 11.7. The highest BCUT2D eigenvalue weighted by Gasteiger charge is 2.30. The van der Waals surface area contributed by atoms with Crippen molar-refractivity contribution in [3.05, 3.63) is 84.1 Å². The number of nitrogens with one attached hydrogen (secondary N) is 2. The Morgan fingerprint density at radius 2 is 2.15 bits per heavy atom. The minimum absolute atomic E-state index is 0.0230. The highest BCUT2D eigenvalue weighted by Crippen LogP contribution is 2.33. The Morgan fingerprint density at radius 3 is 2.91 bits per heavy atom. The molecule has 1 aliphatic rings. The number of hydrogen-bond donors (Lipinski definition) is 2. The molecular formula is C25H23ClN6O2. The summed E-state index contributed by atoms with van der Waals surface area (Å²) in [6, 6.07) is 11.2. The number of pyridine rings is 1. The number of H-pyrrole nitrogens is 1. The minimum atomic E-state index is -0.0230. The molecule has 3 aromatic heterocycles. The molecular weight excluding hydrogens is 452 g/mol. The molecule has 8 nitrogen and oxygen atoms in total. The standard InChI is InChI=1S/C25H23ClN6O2/c1-2-22(33)32-12-16(13-32)9-17-11-28-24-23(17)25(30-15-29-24)31-18-6-7-21(20(26)10-18)34-14-19-5-3-4-8-27-19/h2-8,10-11,15-16H,1,9,12-14H2,(H2,28,29,30,31). The zero-order valence-electron chi connectivity index (χ0n) is 18.4. The average molecular weight is 475 g/mol. The molecule has 5 rings (SSSR count). The maximum atomic E-state index is 11.7. The SMILES string of the molecule is C=CC(=O)N1CC(Cc2c[nH]c3ncnc(Nc4ccc(OCc5ccccn5)c(Cl)c4)c23)C1. The zero-order valence-corrected chi connectivity index (χ0v) is 19.1. The molecule has 4 heterocycles. The number of nitrogens with zero attached hydrogens (tertiary/aromatic N) is 4. The third kappa shape index (κ3) is 4.58. The van der Waals surface area contributed by atoms with E-state index in [0.717, 1.165) is 47.5 Å². The van der Waals surface area contributed by atoms with Gasteiger partial charge in [-0.25, -0.2) is 9.97 Å². The van der Waals surface area contributed by atoms with Gasteiger partial charge in [0.15, 0.2) is 0 Å². The predicted molar refractivity (Wildman–Crippen MR) is 131 cm³/mol. The molecule has 9 heteroatoms. The largest absolute Gasteiger partial charge is 0.486 e. The predicted octanol–water partition coefficient (Wildman–Crippen LogP) is 4.52. The van der Waals surface area contributed by atoms with Gasteiger partial charge in [-0.15, -0.1) is 0 Å². The van der Waals surface area contributed by atoms with Gasteiger partial charge in [0, 0.05) is 31.2 Å². The second-order valence-corrected chi connectivity index (χ2v) is 8.56. The monoisotopic (exact) mass is 474 g/mol. The van der Waals surface area contributed by atoms with Crippen molar-refractivity contribution in [2.45, 2.75) is 13.0 Å². The van der Waals surface area contributed by atoms with Gasteiger partial charge < -0.3 is 19.9 Å². The van der Waals surface area contributed by atoms with Crippen LogP contribution in [0.1, 0.15) is 11.3 Å². The number of fused-ring (bicyclic) bond motifs is 1. The second kappa shape index (κ2) is 9.52. The van der Waals surface area contributed by atoms with Crippen LogP contribution in [0.4, 0.5) is 11.5 Å². The Kier molecular flexibility index (Phi) is 6.14. The van der Waals surface area contributed by atoms with E-state index in [1.54, 1.807) is 17.2 Å². The summed E-state index contributed by atoms with van der Waals surface area (Å²) in [7, 11) is 0. The number of halogens is 1. The summed E-state index contributed by atoms with van der Waals surface area (Å²) < 4.78 is 5.81. The van der Waals surface area contributed by atoms with Gasteiger partial charge >= 0.3 is 0 Å². The third-order valence-corrected chi connectivity index (χ3v) is 6.10. The number of carbonyl (C=O) groups is 1. The van der Waals surface area contributed by atoms with Crippen LogP contribution < -0.4 is 10.1 Å². The summed E-state index contributed by atoms with van der Waals surface area (Å²) in [5.74, 6) is 1.64. The summed E-state index contributed by atoms with van der Waals surface area (Å²) in [5.41, 5.74) is 3.48. The van der Waals surface area contributed by atoms with Crippen molar-refractivity contribution in [1.29, 1.82) is 0 Å². The van der Waals surface area contributed by atoms with Gasteiger partial charge in [0.25, 0.3) is 0 Å². The van der Waals surface area contributed by atoms with Gasteiger partial charge in [0.2, 0.25) is 5.91 Å². The molecule has 0 aliphatic carbocycles. The summed E-state index contributed by atoms with van der Waals surface area (Å²) >= 11 is 6.47. The summed E-state index contributed by atoms with van der Waals surface area (Å²) in [6.45, 7) is 5.34. The Hall–Kier alpha value is -3.91. The van der Waals surface area contributed by atoms with Crippen molar-refractivity contribution < 1.29 is 9.53 Å². The van der Waals surface area contributed by atoms with Crippen LogP contribution >= 0.6 is 11.6 Å². The van der Waals surface area contributed by atoms with Crippen LogP contribution in [-0.4, -0.2) is 43.8 Å². The van der Waals surface area contributed by atoms with E-state index in [-0.39, 0.29) is 5.91 Å². The topological polar surface area (TPSA) is 96.0 Å². The molecule has 172 valence electrons. The zero-order chi connectivity index (χ0) is 23.5. The summed E-state index contributed by atoms with van der Waals surface area (Å²) in [6.07, 6.45) is 7.39. The number of amides is 1. The fourth-order valence-corrected chi connectivity index (χ4v) is 4.30. The quantitative estimate of drug-likeness (QED) is 0.365. The highest BCUT2D eigenvalue weighted by atomic mass is 35.5. The van der Waals surface area contributed by atoms with Crippen LogP contribution in [0.3, 0.4) is 0 Å². The number of hydrogen-bond acceptors (Lipinski definition) is 6. The van der Waals surface area contributed by atoms with Gasteiger partial charge in [0.05, 0.1) is 16.1 Å². The highest BCUT2D eigenvalue weighted by molar-refractivity contribution is 6.32. The van der Waals surface area contributed by atoms with E-state index >= 15 is 0 Å². The first-order valence-electron chi connectivity index (χ1n) is 10.9. The summed E-state index contributed by atoms with van der Waals surface area (Å²) in [5, 5.41) is 4.78. The van der Waals surface area contributed by atoms with Crippen molar-refractivity contribution >= 4 is 40.0 Å². The second-order valence-electron chi connectivity index (χ2n) is 8.16. The number of ether oxygens (including phenoxy) is 1. The van der Waals surface area contributed by atoms with Crippen molar-refractivity contribution in [1.82, 2.24) is 24.8 Å². The molecule has 0 bridgehead atoms. The molecule has 2 N–H and O–H groups in total. The van der Waals surface area contributed by atoms with Crippen molar-refractivity contribution in [3.8, 4) is 5.75 Å². The lowest BCUT2D eigenvalue weighted by Gasteiger charge is -2.38. The molecule has 1 aliphatic heterocycles. The van der Waals surface area contributed by atoms with Crippen LogP contribution in [0.2, 0.25) is 5.02 Å². The lowest BCUT2D eigenvalue weighted by atomic mass is 9.92. The summed E-state index contributed by atoms with van der Waals surface area (Å²) in [4.78, 5) is 29.8. The molecule has 0 radical (unpaired) electrons. The molecule has 1 amide bonds. The Bertz CT molecular complexity index is 1330. The Labute approximate surface area is 201 Å². The number of aromatic amines is 1. The van der Waals surface area contributed by atoms with Gasteiger partial charge in [-0.05, 0) is 54.3 Å². The molecule has 1 aromatic carbocycles. The lowest BCUT2D eigenvalue weighted by Crippen LogP contribution is -2.50. The number of anilines is 2. The maximum Gasteiger partial charge on any atom is 0.245 e. The van der Waals surface area contributed by atoms with Gasteiger partial charge in [-0.3, -0.25) is 9.78 Å². The molecule has 34 heavy (non-hydrogen) atoms. The normalized spacial score (nSPS) is 13.5. The first-order chi connectivity index (χ1) is 16.6. The number of rotatable bonds is 8. The number of likely N-dealkylation sites (tertiary alicyclic amines) is 1. The first kappa shape index (κ1) is 21.9. The molecule has 4 aromatic rings. The Morgan fingerprint density at radius 1 is 1.26 bits per heavy atom. The molecule has 0 spiro atoms. The fourth-order valence-electron chi connectivity index (χ4n) is 4.07. The van der Waals surface area contributed by atoms with Crippen molar-refractivity contribution in [3.63, 3.8) is 0 Å². The van der Waals surface area contributed by atoms with Crippen molar-refractivity contribution in [2.24, 2.45) is 5.92 Å². The van der Waals surface area contributed by atoms with Crippen LogP contribution in [0.15, 0.2) is 67.8 Å². The van der Waals surface area contributed by atoms with Crippen LogP contribution in [-0.2, 0) is 17.8 Å². The smallest absolute Gasteiger partial charge is 0.245 e. The van der Waals surface area contributed by atoms with Gasteiger partial charge in [0.1, 0.15) is 30.1 Å². The van der Waals surface area contributed by atoms with E-state index in [9.17, 15) is 4.79 Å². The number of aromatic nitrogens is 4. The lowest BCUT2D eigenvalue weighted by molar-refractivity contribution is -0.132. The van der Waals surface area contributed by atoms with Gasteiger partial charge in [-0.1, -0.05) is 24.2 Å². The Balaban J connectivity index is 1.30. The molecule has 1 fully saturated rings. The minimum Gasteiger partial charge on any atom is -0.486 e. The third-order valence-electron chi connectivity index (χ3n) is 5.80. The van der Waals surface area contributed by atoms with Crippen LogP contribution in [0.25, 0.3) is 11.0 Å². The molecule has 1 saturated heterocycles. The first-order valence-corrected chi connectivity index (χ1v) is 11.3. The van der Waals surface area contributed by atoms with Gasteiger partial charge in [-0.2, -0.15) is 0 Å². The molecule has 0 atom stereocenters. The van der Waals surface area contributed by atoms with Crippen LogP contribution in [0, 0.1) is 5.92 Å². The average Bonchev–Trinajstić information content (AvgIpc) is 3.24.